The van der Waals surface area contributed by atoms with Gasteiger partial charge in [-0.2, -0.15) is 0 Å². The number of benzene rings is 1. The predicted octanol–water partition coefficient (Wildman–Crippen LogP) is 2.97. The van der Waals surface area contributed by atoms with Crippen molar-refractivity contribution < 1.29 is 14.4 Å². The number of aromatic amines is 1. The molecule has 186 valence electrons. The Morgan fingerprint density at radius 3 is 2.75 bits per heavy atom. The van der Waals surface area contributed by atoms with Gasteiger partial charge in [-0.25, -0.2) is 4.79 Å². The van der Waals surface area contributed by atoms with Gasteiger partial charge in [0.2, 0.25) is 5.91 Å². The number of hydrogen-bond donors (Lipinski definition) is 3. The van der Waals surface area contributed by atoms with Gasteiger partial charge in [0.1, 0.15) is 6.04 Å². The maximum Gasteiger partial charge on any atom is 0.324 e. The zero-order chi connectivity index (χ0) is 25.2. The highest BCUT2D eigenvalue weighted by Crippen LogP contribution is 2.22. The number of pyridine rings is 1. The smallest absolute Gasteiger partial charge is 0.324 e. The van der Waals surface area contributed by atoms with Crippen LogP contribution in [0.15, 0.2) is 54.9 Å². The van der Waals surface area contributed by atoms with Gasteiger partial charge in [-0.15, -0.1) is 10.2 Å². The number of aromatic nitrogens is 4. The normalized spacial score (nSPS) is 16.8. The molecule has 0 bridgehead atoms. The Bertz CT molecular complexity index is 1420. The summed E-state index contributed by atoms with van der Waals surface area (Å²) in [4.78, 5) is 42.9. The van der Waals surface area contributed by atoms with E-state index >= 15 is 0 Å². The van der Waals surface area contributed by atoms with E-state index in [1.165, 1.54) is 4.90 Å². The number of fused-ring (bicyclic) bond motifs is 2. The first-order valence-electron chi connectivity index (χ1n) is 12.2. The summed E-state index contributed by atoms with van der Waals surface area (Å²) in [7, 11) is 0. The van der Waals surface area contributed by atoms with Crippen LogP contribution in [-0.2, 0) is 16.0 Å². The van der Waals surface area contributed by atoms with Gasteiger partial charge in [0.05, 0.1) is 12.5 Å². The van der Waals surface area contributed by atoms with Gasteiger partial charge >= 0.3 is 6.03 Å². The predicted molar refractivity (Wildman–Crippen MR) is 134 cm³/mol. The fraction of sp³-hybridized carbons (Fsp3) is 0.346. The van der Waals surface area contributed by atoms with Gasteiger partial charge in [0.25, 0.3) is 5.91 Å². The Kier molecular flexibility index (Phi) is 6.41. The molecule has 10 nitrogen and oxygen atoms in total. The lowest BCUT2D eigenvalue weighted by atomic mass is 10.0. The third kappa shape index (κ3) is 4.66. The van der Waals surface area contributed by atoms with Crippen LogP contribution < -0.4 is 10.6 Å². The number of carbonyl (C=O) groups excluding carboxylic acids is 3. The summed E-state index contributed by atoms with van der Waals surface area (Å²) in [5, 5.41) is 15.2. The molecule has 5 rings (SSSR count). The first-order chi connectivity index (χ1) is 17.4. The summed E-state index contributed by atoms with van der Waals surface area (Å²) >= 11 is 0. The Morgan fingerprint density at radius 2 is 1.92 bits per heavy atom. The summed E-state index contributed by atoms with van der Waals surface area (Å²) in [6.45, 7) is 4.37. The van der Waals surface area contributed by atoms with Gasteiger partial charge in [0.15, 0.2) is 11.5 Å². The molecule has 36 heavy (non-hydrogen) atoms. The van der Waals surface area contributed by atoms with Crippen molar-refractivity contribution in [1.82, 2.24) is 35.1 Å². The van der Waals surface area contributed by atoms with Gasteiger partial charge in [-0.05, 0) is 42.5 Å². The third-order valence-corrected chi connectivity index (χ3v) is 6.47. The van der Waals surface area contributed by atoms with Crippen molar-refractivity contribution in [3.63, 3.8) is 0 Å². The van der Waals surface area contributed by atoms with Crippen LogP contribution in [0.1, 0.15) is 44.1 Å². The zero-order valence-electron chi connectivity index (χ0n) is 20.3. The first-order valence-corrected chi connectivity index (χ1v) is 12.2. The Labute approximate surface area is 208 Å². The highest BCUT2D eigenvalue weighted by Gasteiger charge is 2.39. The van der Waals surface area contributed by atoms with Crippen LogP contribution in [0.25, 0.3) is 16.6 Å². The lowest BCUT2D eigenvalue weighted by Crippen LogP contribution is -2.38. The largest absolute Gasteiger partial charge is 0.361 e. The molecule has 4 heterocycles. The molecule has 0 spiro atoms. The molecular weight excluding hydrogens is 458 g/mol. The molecule has 4 amide bonds. The van der Waals surface area contributed by atoms with E-state index in [4.69, 9.17) is 0 Å². The SMILES string of the molecule is CC(C)C[C@H](NC(=O)C[C@@H]1NC(=O)N(CCc2c[nH]c3ccccc23)C1=O)c1nnc2ccccn12. The van der Waals surface area contributed by atoms with E-state index in [0.29, 0.717) is 30.2 Å². The topological polar surface area (TPSA) is 124 Å². The number of amides is 4. The van der Waals surface area contributed by atoms with Crippen molar-refractivity contribution in [2.24, 2.45) is 5.92 Å². The monoisotopic (exact) mass is 487 g/mol. The van der Waals surface area contributed by atoms with Crippen molar-refractivity contribution in [1.29, 1.82) is 0 Å². The van der Waals surface area contributed by atoms with Crippen LogP contribution in [0.4, 0.5) is 4.79 Å². The molecule has 1 fully saturated rings. The molecule has 1 aromatic carbocycles. The molecule has 0 unspecified atom stereocenters. The van der Waals surface area contributed by atoms with Crippen molar-refractivity contribution in [2.75, 3.05) is 6.54 Å². The fourth-order valence-electron chi connectivity index (χ4n) is 4.73. The lowest BCUT2D eigenvalue weighted by Gasteiger charge is -2.20. The molecule has 1 aliphatic rings. The minimum absolute atomic E-state index is 0.139. The van der Waals surface area contributed by atoms with E-state index in [9.17, 15) is 14.4 Å². The quantitative estimate of drug-likeness (QED) is 0.313. The van der Waals surface area contributed by atoms with Gasteiger partial charge < -0.3 is 15.6 Å². The molecule has 10 heteroatoms. The Balaban J connectivity index is 1.23. The molecule has 3 N–H and O–H groups in total. The molecule has 1 saturated heterocycles. The molecule has 0 aliphatic carbocycles. The van der Waals surface area contributed by atoms with E-state index in [1.807, 2.05) is 59.3 Å². The van der Waals surface area contributed by atoms with Crippen molar-refractivity contribution in [2.45, 2.75) is 45.2 Å². The summed E-state index contributed by atoms with van der Waals surface area (Å²) in [5.74, 6) is 0.211. The number of nitrogens with one attached hydrogen (secondary N) is 3. The Hall–Kier alpha value is -4.21. The molecular formula is C26H29N7O3. The van der Waals surface area contributed by atoms with E-state index in [-0.39, 0.29) is 30.8 Å². The minimum Gasteiger partial charge on any atom is -0.361 e. The summed E-state index contributed by atoms with van der Waals surface area (Å²) in [6.07, 6.45) is 4.80. The van der Waals surface area contributed by atoms with Crippen LogP contribution in [0.3, 0.4) is 0 Å². The zero-order valence-corrected chi connectivity index (χ0v) is 20.3. The number of nitrogens with zero attached hydrogens (tertiary/aromatic N) is 4. The number of H-pyrrole nitrogens is 1. The van der Waals surface area contributed by atoms with E-state index in [2.05, 4.69) is 39.7 Å². The number of hydrogen-bond acceptors (Lipinski definition) is 5. The van der Waals surface area contributed by atoms with Crippen LogP contribution in [0.5, 0.6) is 0 Å². The minimum atomic E-state index is -0.893. The number of rotatable bonds is 9. The number of carbonyl (C=O) groups is 3. The summed E-state index contributed by atoms with van der Waals surface area (Å²) in [6, 6.07) is 11.8. The van der Waals surface area contributed by atoms with E-state index < -0.39 is 12.1 Å². The van der Waals surface area contributed by atoms with Crippen LogP contribution in [0, 0.1) is 5.92 Å². The summed E-state index contributed by atoms with van der Waals surface area (Å²) < 4.78 is 1.85. The average molecular weight is 488 g/mol. The van der Waals surface area contributed by atoms with Crippen LogP contribution in [0.2, 0.25) is 0 Å². The van der Waals surface area contributed by atoms with Crippen molar-refractivity contribution >= 4 is 34.4 Å². The molecule has 2 atom stereocenters. The van der Waals surface area contributed by atoms with E-state index in [0.717, 1.165) is 16.5 Å². The molecule has 0 radical (unpaired) electrons. The van der Waals surface area contributed by atoms with E-state index in [1.54, 1.807) is 0 Å². The average Bonchev–Trinajstić information content (AvgIpc) is 3.53. The number of para-hydroxylation sites is 1. The maximum atomic E-state index is 13.0. The number of urea groups is 1. The summed E-state index contributed by atoms with van der Waals surface area (Å²) in [5.41, 5.74) is 2.74. The second-order valence-electron chi connectivity index (χ2n) is 9.54. The maximum absolute atomic E-state index is 13.0. The molecule has 3 aromatic heterocycles. The molecule has 0 saturated carbocycles. The lowest BCUT2D eigenvalue weighted by molar-refractivity contribution is -0.131. The fourth-order valence-corrected chi connectivity index (χ4v) is 4.73. The van der Waals surface area contributed by atoms with Gasteiger partial charge in [0, 0.05) is 29.8 Å². The number of imide groups is 1. The van der Waals surface area contributed by atoms with Gasteiger partial charge in [-0.1, -0.05) is 38.1 Å². The van der Waals surface area contributed by atoms with Gasteiger partial charge in [-0.3, -0.25) is 18.9 Å². The molecule has 4 aromatic rings. The van der Waals surface area contributed by atoms with Crippen LogP contribution >= 0.6 is 0 Å². The second kappa shape index (κ2) is 9.80. The van der Waals surface area contributed by atoms with Crippen molar-refractivity contribution in [3.8, 4) is 0 Å². The Morgan fingerprint density at radius 1 is 1.11 bits per heavy atom. The second-order valence-corrected chi connectivity index (χ2v) is 9.54. The first kappa shape index (κ1) is 23.5. The van der Waals surface area contributed by atoms with Crippen LogP contribution in [-0.4, -0.2) is 54.9 Å². The molecule has 1 aliphatic heterocycles. The highest BCUT2D eigenvalue weighted by atomic mass is 16.2. The highest BCUT2D eigenvalue weighted by molar-refractivity contribution is 6.05. The van der Waals surface area contributed by atoms with Crippen molar-refractivity contribution in [3.05, 3.63) is 66.2 Å². The third-order valence-electron chi connectivity index (χ3n) is 6.47. The standard InChI is InChI=1S/C26H29N7O3/c1-16(2)13-20(24-31-30-22-9-5-6-11-32(22)24)28-23(34)14-21-25(35)33(26(36)29-21)12-10-17-15-27-19-8-4-3-7-18(17)19/h3-9,11,15-16,20-21,27H,10,12-14H2,1-2H3,(H,28,34)(H,29,36)/t20-,21-/m0/s1.